The van der Waals surface area contributed by atoms with Crippen LogP contribution in [0.25, 0.3) is 0 Å². The van der Waals surface area contributed by atoms with Gasteiger partial charge in [0.15, 0.2) is 0 Å². The van der Waals surface area contributed by atoms with Crippen LogP contribution in [0.2, 0.25) is 0 Å². The first-order valence-corrected chi connectivity index (χ1v) is 9.68. The second-order valence-electron chi connectivity index (χ2n) is 6.45. The molecular weight excluding hydrogens is 319 g/mol. The van der Waals surface area contributed by atoms with Crippen molar-refractivity contribution in [3.05, 3.63) is 35.6 Å². The molecular formula is C16H21FN2O3S. The van der Waals surface area contributed by atoms with Gasteiger partial charge in [0, 0.05) is 32.1 Å². The highest BCUT2D eigenvalue weighted by atomic mass is 32.2. The lowest BCUT2D eigenvalue weighted by Gasteiger charge is -2.30. The third kappa shape index (κ3) is 3.55. The van der Waals surface area contributed by atoms with Gasteiger partial charge in [0.1, 0.15) is 5.82 Å². The van der Waals surface area contributed by atoms with Gasteiger partial charge >= 0.3 is 0 Å². The Kier molecular flexibility index (Phi) is 4.42. The maximum atomic E-state index is 13.4. The van der Waals surface area contributed by atoms with E-state index in [2.05, 4.69) is 0 Å². The topological polar surface area (TPSA) is 57.7 Å². The Morgan fingerprint density at radius 3 is 2.78 bits per heavy atom. The fourth-order valence-electron chi connectivity index (χ4n) is 3.60. The van der Waals surface area contributed by atoms with E-state index in [-0.39, 0.29) is 23.7 Å². The highest BCUT2D eigenvalue weighted by Crippen LogP contribution is 2.32. The SMILES string of the molecule is CS(=O)(=O)N1C[C@H]2CCCC(=O)N(Cc3cccc(F)c3)[C@H]2C1. The van der Waals surface area contributed by atoms with Crippen molar-refractivity contribution in [3.63, 3.8) is 0 Å². The van der Waals surface area contributed by atoms with Crippen molar-refractivity contribution in [2.75, 3.05) is 19.3 Å². The fraction of sp³-hybridized carbons (Fsp3) is 0.562. The molecule has 3 rings (SSSR count). The van der Waals surface area contributed by atoms with Crippen LogP contribution in [0.4, 0.5) is 4.39 Å². The fourth-order valence-corrected chi connectivity index (χ4v) is 4.49. The molecule has 2 atom stereocenters. The number of likely N-dealkylation sites (tertiary alicyclic amines) is 1. The number of benzene rings is 1. The van der Waals surface area contributed by atoms with E-state index >= 15 is 0 Å². The van der Waals surface area contributed by atoms with Crippen LogP contribution in [0.5, 0.6) is 0 Å². The Bertz CT molecular complexity index is 707. The second-order valence-corrected chi connectivity index (χ2v) is 8.43. The summed E-state index contributed by atoms with van der Waals surface area (Å²) in [7, 11) is -3.26. The minimum absolute atomic E-state index is 0.0251. The predicted molar refractivity (Wildman–Crippen MR) is 84.5 cm³/mol. The minimum atomic E-state index is -3.26. The minimum Gasteiger partial charge on any atom is -0.334 e. The zero-order chi connectivity index (χ0) is 16.6. The van der Waals surface area contributed by atoms with Gasteiger partial charge in [-0.15, -0.1) is 0 Å². The van der Waals surface area contributed by atoms with Gasteiger partial charge in [-0.1, -0.05) is 12.1 Å². The smallest absolute Gasteiger partial charge is 0.223 e. The summed E-state index contributed by atoms with van der Waals surface area (Å²) in [5.41, 5.74) is 0.733. The summed E-state index contributed by atoms with van der Waals surface area (Å²) in [5.74, 6) is -0.146. The molecule has 0 spiro atoms. The molecule has 1 amide bonds. The molecule has 0 unspecified atom stereocenters. The van der Waals surface area contributed by atoms with Crippen LogP contribution in [0, 0.1) is 11.7 Å². The molecule has 2 aliphatic rings. The summed E-state index contributed by atoms with van der Waals surface area (Å²) >= 11 is 0. The summed E-state index contributed by atoms with van der Waals surface area (Å²) in [6.45, 7) is 1.14. The number of fused-ring (bicyclic) bond motifs is 1. The number of hydrogen-bond acceptors (Lipinski definition) is 3. The molecule has 0 aromatic heterocycles. The summed E-state index contributed by atoms with van der Waals surface area (Å²) in [6.07, 6.45) is 3.30. The number of sulfonamides is 1. The zero-order valence-corrected chi connectivity index (χ0v) is 13.9. The number of rotatable bonds is 3. The Morgan fingerprint density at radius 1 is 1.30 bits per heavy atom. The number of nitrogens with zero attached hydrogens (tertiary/aromatic N) is 2. The van der Waals surface area contributed by atoms with E-state index in [1.807, 2.05) is 0 Å². The molecule has 0 aliphatic carbocycles. The number of carbonyl (C=O) groups excluding carboxylic acids is 1. The Morgan fingerprint density at radius 2 is 2.09 bits per heavy atom. The lowest BCUT2D eigenvalue weighted by Crippen LogP contribution is -2.43. The monoisotopic (exact) mass is 340 g/mol. The molecule has 2 heterocycles. The number of hydrogen-bond donors (Lipinski definition) is 0. The highest BCUT2D eigenvalue weighted by Gasteiger charge is 2.42. The molecule has 1 aromatic carbocycles. The van der Waals surface area contributed by atoms with E-state index in [9.17, 15) is 17.6 Å². The van der Waals surface area contributed by atoms with Crippen molar-refractivity contribution in [3.8, 4) is 0 Å². The van der Waals surface area contributed by atoms with Crippen LogP contribution >= 0.6 is 0 Å². The van der Waals surface area contributed by atoms with Gasteiger partial charge in [-0.3, -0.25) is 4.79 Å². The molecule has 5 nitrogen and oxygen atoms in total. The van der Waals surface area contributed by atoms with E-state index in [0.717, 1.165) is 18.4 Å². The maximum absolute atomic E-state index is 13.4. The third-order valence-corrected chi connectivity index (χ3v) is 6.01. The first-order valence-electron chi connectivity index (χ1n) is 7.83. The van der Waals surface area contributed by atoms with Crippen molar-refractivity contribution in [2.45, 2.75) is 31.8 Å². The number of halogens is 1. The molecule has 2 fully saturated rings. The average molecular weight is 340 g/mol. The summed E-state index contributed by atoms with van der Waals surface area (Å²) in [4.78, 5) is 14.2. The third-order valence-electron chi connectivity index (χ3n) is 4.77. The predicted octanol–water partition coefficient (Wildman–Crippen LogP) is 1.60. The lowest BCUT2D eigenvalue weighted by molar-refractivity contribution is -0.133. The van der Waals surface area contributed by atoms with Gasteiger partial charge < -0.3 is 4.90 Å². The standard InChI is InChI=1S/C16H21FN2O3S/c1-23(21,22)18-10-13-5-3-7-16(20)19(15(13)11-18)9-12-4-2-6-14(17)8-12/h2,4,6,8,13,15H,3,5,7,9-11H2,1H3/t13-,15+/m1/s1. The number of carbonyl (C=O) groups is 1. The van der Waals surface area contributed by atoms with Crippen molar-refractivity contribution in [2.24, 2.45) is 5.92 Å². The normalized spacial score (nSPS) is 26.2. The molecule has 7 heteroatoms. The van der Waals surface area contributed by atoms with Crippen molar-refractivity contribution in [1.82, 2.24) is 9.21 Å². The van der Waals surface area contributed by atoms with Crippen LogP contribution < -0.4 is 0 Å². The molecule has 1 aromatic rings. The van der Waals surface area contributed by atoms with E-state index in [1.54, 1.807) is 17.0 Å². The van der Waals surface area contributed by atoms with E-state index < -0.39 is 10.0 Å². The Balaban J connectivity index is 1.85. The van der Waals surface area contributed by atoms with Crippen LogP contribution in [0.15, 0.2) is 24.3 Å². The summed E-state index contributed by atoms with van der Waals surface area (Å²) < 4.78 is 38.5. The van der Waals surface area contributed by atoms with E-state index in [0.29, 0.717) is 26.1 Å². The van der Waals surface area contributed by atoms with Gasteiger partial charge in [-0.2, -0.15) is 4.31 Å². The molecule has 0 radical (unpaired) electrons. The van der Waals surface area contributed by atoms with E-state index in [1.165, 1.54) is 22.7 Å². The van der Waals surface area contributed by atoms with E-state index in [4.69, 9.17) is 0 Å². The largest absolute Gasteiger partial charge is 0.334 e. The van der Waals surface area contributed by atoms with Crippen LogP contribution in [0.3, 0.4) is 0 Å². The highest BCUT2D eigenvalue weighted by molar-refractivity contribution is 7.88. The molecule has 2 aliphatic heterocycles. The van der Waals surface area contributed by atoms with Crippen molar-refractivity contribution >= 4 is 15.9 Å². The molecule has 23 heavy (non-hydrogen) atoms. The van der Waals surface area contributed by atoms with Crippen molar-refractivity contribution < 1.29 is 17.6 Å². The van der Waals surface area contributed by atoms with Gasteiger partial charge in [-0.05, 0) is 36.5 Å². The van der Waals surface area contributed by atoms with Gasteiger partial charge in [0.05, 0.1) is 6.26 Å². The van der Waals surface area contributed by atoms with Crippen molar-refractivity contribution in [1.29, 1.82) is 0 Å². The van der Waals surface area contributed by atoms with Crippen LogP contribution in [-0.2, 0) is 21.4 Å². The summed E-state index contributed by atoms with van der Waals surface area (Å²) in [5, 5.41) is 0. The van der Waals surface area contributed by atoms with Crippen LogP contribution in [0.1, 0.15) is 24.8 Å². The molecule has 0 N–H and O–H groups in total. The Labute approximate surface area is 136 Å². The lowest BCUT2D eigenvalue weighted by atomic mass is 9.98. The Hall–Kier alpha value is -1.47. The molecule has 0 bridgehead atoms. The summed E-state index contributed by atoms with van der Waals surface area (Å²) in [6, 6.07) is 6.10. The van der Waals surface area contributed by atoms with Gasteiger partial charge in [-0.25, -0.2) is 12.8 Å². The maximum Gasteiger partial charge on any atom is 0.223 e. The first kappa shape index (κ1) is 16.4. The first-order chi connectivity index (χ1) is 10.8. The quantitative estimate of drug-likeness (QED) is 0.840. The zero-order valence-electron chi connectivity index (χ0n) is 13.1. The number of amides is 1. The second kappa shape index (κ2) is 6.20. The van der Waals surface area contributed by atoms with Crippen LogP contribution in [-0.4, -0.2) is 48.9 Å². The van der Waals surface area contributed by atoms with Gasteiger partial charge in [0.2, 0.25) is 15.9 Å². The molecule has 126 valence electrons. The molecule has 2 saturated heterocycles. The molecule has 0 saturated carbocycles. The average Bonchev–Trinajstić information content (AvgIpc) is 2.83. The van der Waals surface area contributed by atoms with Gasteiger partial charge in [0.25, 0.3) is 0 Å².